The average Bonchev–Trinajstić information content (AvgIpc) is 3.94. The molecule has 0 radical (unpaired) electrons. The third kappa shape index (κ3) is 8.92. The SMILES string of the molecule is CC(C)(C)c1ccc(N2c3ccc(C(C)(C)C)cc3B3c4nc(-c5ccc6oc7ccc(C(C)(C)C)cc7c6c5)sc4N(c4cc(C(C)(C)C)cc(C(C)(C)C)c4)c4cc(N(c5ccccc5)c5ccccc5)cc2c43)cc1. The number of hydrogen-bond acceptors (Lipinski definition) is 6. The Morgan fingerprint density at radius 2 is 0.923 bits per heavy atom. The maximum absolute atomic E-state index is 6.55. The van der Waals surface area contributed by atoms with Crippen molar-refractivity contribution in [3.8, 4) is 10.6 Å². The summed E-state index contributed by atoms with van der Waals surface area (Å²) < 4.78 is 6.55. The fourth-order valence-electron chi connectivity index (χ4n) is 11.6. The topological polar surface area (TPSA) is 35.8 Å². The van der Waals surface area contributed by atoms with Crippen molar-refractivity contribution < 1.29 is 4.42 Å². The molecule has 5 nitrogen and oxygen atoms in total. The van der Waals surface area contributed by atoms with Crippen LogP contribution in [0, 0.1) is 0 Å². The maximum Gasteiger partial charge on any atom is 0.276 e. The third-order valence-electron chi connectivity index (χ3n) is 16.2. The molecule has 0 fully saturated rings. The number of thiazole rings is 1. The molecule has 0 N–H and O–H groups in total. The molecule has 2 aliphatic heterocycles. The lowest BCUT2D eigenvalue weighted by atomic mass is 9.35. The van der Waals surface area contributed by atoms with Gasteiger partial charge >= 0.3 is 0 Å². The smallest absolute Gasteiger partial charge is 0.276 e. The van der Waals surface area contributed by atoms with Crippen molar-refractivity contribution in [2.75, 3.05) is 14.7 Å². The van der Waals surface area contributed by atoms with E-state index in [0.29, 0.717) is 0 Å². The van der Waals surface area contributed by atoms with Gasteiger partial charge in [-0.15, -0.1) is 0 Å². The first-order valence-electron chi connectivity index (χ1n) is 27.9. The quantitative estimate of drug-likeness (QED) is 0.155. The Bertz CT molecular complexity index is 3880. The summed E-state index contributed by atoms with van der Waals surface area (Å²) in [6, 6.07) is 63.9. The number of rotatable bonds is 6. The fourth-order valence-corrected chi connectivity index (χ4v) is 12.7. The van der Waals surface area contributed by atoms with Crippen LogP contribution < -0.4 is 31.2 Å². The van der Waals surface area contributed by atoms with Gasteiger partial charge < -0.3 is 19.1 Å². The first kappa shape index (κ1) is 51.4. The van der Waals surface area contributed by atoms with Gasteiger partial charge in [-0.2, -0.15) is 0 Å². The minimum Gasteiger partial charge on any atom is -0.456 e. The van der Waals surface area contributed by atoms with Crippen molar-refractivity contribution in [3.05, 3.63) is 198 Å². The zero-order valence-corrected chi connectivity index (χ0v) is 49.2. The van der Waals surface area contributed by atoms with Crippen LogP contribution in [0.15, 0.2) is 174 Å². The lowest BCUT2D eigenvalue weighted by molar-refractivity contribution is 0.569. The predicted octanol–water partition coefficient (Wildman–Crippen LogP) is 18.7. The number of hydrogen-bond donors (Lipinski definition) is 0. The van der Waals surface area contributed by atoms with Crippen molar-refractivity contribution in [2.24, 2.45) is 0 Å². The van der Waals surface area contributed by atoms with Gasteiger partial charge in [0.25, 0.3) is 6.71 Å². The zero-order chi connectivity index (χ0) is 55.0. The zero-order valence-electron chi connectivity index (χ0n) is 48.3. The van der Waals surface area contributed by atoms with Gasteiger partial charge in [0, 0.05) is 56.1 Å². The summed E-state index contributed by atoms with van der Waals surface area (Å²) in [6.45, 7) is 34.6. The van der Waals surface area contributed by atoms with Gasteiger partial charge in [0.05, 0.1) is 11.3 Å². The molecule has 0 unspecified atom stereocenters. The van der Waals surface area contributed by atoms with Crippen LogP contribution >= 0.6 is 11.3 Å². The molecule has 0 spiro atoms. The highest BCUT2D eigenvalue weighted by atomic mass is 32.1. The Kier molecular flexibility index (Phi) is 11.9. The molecular weight excluding hydrogens is 968 g/mol. The largest absolute Gasteiger partial charge is 0.456 e. The summed E-state index contributed by atoms with van der Waals surface area (Å²) in [5.41, 5.74) is 21.5. The number of nitrogens with zero attached hydrogens (tertiary/aromatic N) is 4. The van der Waals surface area contributed by atoms with E-state index in [0.717, 1.165) is 88.6 Å². The molecule has 0 saturated heterocycles. The minimum absolute atomic E-state index is 0.00662. The number of para-hydroxylation sites is 2. The fraction of sp³-hybridized carbons (Fsp3) is 0.282. The van der Waals surface area contributed by atoms with E-state index in [-0.39, 0.29) is 33.8 Å². The van der Waals surface area contributed by atoms with Crippen molar-refractivity contribution in [1.82, 2.24) is 4.98 Å². The van der Waals surface area contributed by atoms with Gasteiger partial charge in [-0.3, -0.25) is 0 Å². The second kappa shape index (κ2) is 18.1. The van der Waals surface area contributed by atoms with Crippen molar-refractivity contribution >= 4 is 107 Å². The van der Waals surface area contributed by atoms with Crippen LogP contribution in [0.4, 0.5) is 50.5 Å². The van der Waals surface area contributed by atoms with Crippen LogP contribution in [0.3, 0.4) is 0 Å². The molecular formula is C71H73BN4OS. The Morgan fingerprint density at radius 1 is 0.423 bits per heavy atom. The standard InChI is InChI=1S/C71H73BN4OS/c1-67(2,3)45-27-31-52(32-28-45)75-58-33-29-47(69(7,8)9)41-57(58)72-63-59(75)42-54(74(50-22-18-16-19-23-50)51-24-20-17-21-25-51)43-60(63)76(53-38-48(70(10,11)12)37-49(39-53)71(13,14)15)66-64(72)73-65(78-66)44-26-34-61-55(36-44)56-40-46(68(4,5)6)30-35-62(56)77-61/h16-43H,1-15H3. The van der Waals surface area contributed by atoms with E-state index < -0.39 is 0 Å². The summed E-state index contributed by atoms with van der Waals surface area (Å²) in [7, 11) is 0. The van der Waals surface area contributed by atoms with Crippen LogP contribution in [-0.2, 0) is 27.1 Å². The van der Waals surface area contributed by atoms with Crippen LogP contribution in [0.2, 0.25) is 0 Å². The van der Waals surface area contributed by atoms with Crippen LogP contribution in [0.25, 0.3) is 32.5 Å². The molecule has 0 saturated carbocycles. The molecule has 2 aromatic heterocycles. The Balaban J connectivity index is 1.21. The van der Waals surface area contributed by atoms with Crippen molar-refractivity contribution in [2.45, 2.75) is 131 Å². The highest BCUT2D eigenvalue weighted by Gasteiger charge is 2.47. The number of anilines is 9. The summed E-state index contributed by atoms with van der Waals surface area (Å²) in [4.78, 5) is 13.6. The normalized spacial score (nSPS) is 13.8. The minimum atomic E-state index is -0.190. The molecule has 78 heavy (non-hydrogen) atoms. The first-order chi connectivity index (χ1) is 36.8. The van der Waals surface area contributed by atoms with Gasteiger partial charge in [-0.05, 0) is 163 Å². The number of furan rings is 1. The van der Waals surface area contributed by atoms with Gasteiger partial charge in [0.2, 0.25) is 0 Å². The Hall–Kier alpha value is -7.35. The predicted molar refractivity (Wildman–Crippen MR) is 337 cm³/mol. The highest BCUT2D eigenvalue weighted by molar-refractivity contribution is 7.22. The molecule has 10 aromatic rings. The molecule has 0 bridgehead atoms. The maximum atomic E-state index is 6.55. The molecule has 8 aromatic carbocycles. The lowest BCUT2D eigenvalue weighted by Gasteiger charge is -2.44. The van der Waals surface area contributed by atoms with E-state index >= 15 is 0 Å². The van der Waals surface area contributed by atoms with E-state index in [1.54, 1.807) is 11.3 Å². The average molecular weight is 1040 g/mol. The summed E-state index contributed by atoms with van der Waals surface area (Å²) in [6.07, 6.45) is 0. The molecule has 0 aliphatic carbocycles. The molecule has 0 amide bonds. The van der Waals surface area contributed by atoms with E-state index in [4.69, 9.17) is 9.40 Å². The monoisotopic (exact) mass is 1040 g/mol. The summed E-state index contributed by atoms with van der Waals surface area (Å²) >= 11 is 1.80. The third-order valence-corrected chi connectivity index (χ3v) is 17.3. The number of fused-ring (bicyclic) bond motifs is 7. The molecule has 4 heterocycles. The lowest BCUT2D eigenvalue weighted by Crippen LogP contribution is -2.61. The van der Waals surface area contributed by atoms with E-state index in [1.165, 1.54) is 38.7 Å². The van der Waals surface area contributed by atoms with Crippen molar-refractivity contribution in [1.29, 1.82) is 0 Å². The second-order valence-electron chi connectivity index (χ2n) is 27.1. The summed E-state index contributed by atoms with van der Waals surface area (Å²) in [5, 5.41) is 4.35. The highest BCUT2D eigenvalue weighted by Crippen LogP contribution is 2.51. The van der Waals surface area contributed by atoms with Crippen LogP contribution in [0.1, 0.15) is 132 Å². The van der Waals surface area contributed by atoms with E-state index in [1.807, 2.05) is 0 Å². The number of benzene rings is 8. The molecule has 12 rings (SSSR count). The first-order valence-corrected chi connectivity index (χ1v) is 28.7. The molecule has 7 heteroatoms. The van der Waals surface area contributed by atoms with Crippen LogP contribution in [-0.4, -0.2) is 11.7 Å². The van der Waals surface area contributed by atoms with Crippen molar-refractivity contribution in [3.63, 3.8) is 0 Å². The Labute approximate surface area is 467 Å². The van der Waals surface area contributed by atoms with Crippen LogP contribution in [0.5, 0.6) is 0 Å². The molecule has 2 aliphatic rings. The van der Waals surface area contributed by atoms with Gasteiger partial charge in [-0.1, -0.05) is 188 Å². The second-order valence-corrected chi connectivity index (χ2v) is 28.1. The summed E-state index contributed by atoms with van der Waals surface area (Å²) in [5.74, 6) is 0. The molecule has 392 valence electrons. The van der Waals surface area contributed by atoms with E-state index in [9.17, 15) is 0 Å². The Morgan fingerprint density at radius 3 is 1.49 bits per heavy atom. The van der Waals surface area contributed by atoms with Gasteiger partial charge in [-0.25, -0.2) is 4.98 Å². The number of aromatic nitrogens is 1. The van der Waals surface area contributed by atoms with Gasteiger partial charge in [0.1, 0.15) is 21.2 Å². The van der Waals surface area contributed by atoms with Gasteiger partial charge in [0.15, 0.2) is 0 Å². The molecule has 0 atom stereocenters. The van der Waals surface area contributed by atoms with E-state index in [2.05, 4.69) is 288 Å².